The fraction of sp³-hybridized carbons (Fsp3) is 0.292. The molecular formula is C24H26FN3O. The molecule has 2 aromatic heterocycles. The van der Waals surface area contributed by atoms with Crippen molar-refractivity contribution in [1.82, 2.24) is 14.9 Å². The fourth-order valence-electron chi connectivity index (χ4n) is 3.79. The monoisotopic (exact) mass is 391 g/mol. The number of rotatable bonds is 6. The number of piperidine rings is 1. The Morgan fingerprint density at radius 3 is 2.55 bits per heavy atom. The Labute approximate surface area is 171 Å². The number of halogens is 1. The first-order chi connectivity index (χ1) is 13.9. The number of amides is 1. The van der Waals surface area contributed by atoms with E-state index in [1.807, 2.05) is 23.1 Å². The number of allylic oxidation sites excluding steroid dienone is 4. The largest absolute Gasteiger partial charge is 0.339 e. The number of hydrogen-bond acceptors (Lipinski definition) is 3. The summed E-state index contributed by atoms with van der Waals surface area (Å²) < 4.78 is 13.2. The highest BCUT2D eigenvalue weighted by molar-refractivity contribution is 5.99. The van der Waals surface area contributed by atoms with Gasteiger partial charge in [0.05, 0.1) is 11.3 Å². The topological polar surface area (TPSA) is 46.1 Å². The van der Waals surface area contributed by atoms with Crippen LogP contribution >= 0.6 is 0 Å². The van der Waals surface area contributed by atoms with Crippen LogP contribution in [0.5, 0.6) is 0 Å². The summed E-state index contributed by atoms with van der Waals surface area (Å²) in [6, 6.07) is 7.32. The lowest BCUT2D eigenvalue weighted by atomic mass is 9.75. The van der Waals surface area contributed by atoms with E-state index in [0.29, 0.717) is 24.3 Å². The van der Waals surface area contributed by atoms with Gasteiger partial charge in [-0.3, -0.25) is 14.8 Å². The molecule has 1 saturated heterocycles. The van der Waals surface area contributed by atoms with Crippen LogP contribution in [0.4, 0.5) is 4.39 Å². The molecule has 1 aliphatic heterocycles. The van der Waals surface area contributed by atoms with Gasteiger partial charge >= 0.3 is 0 Å². The number of likely N-dealkylation sites (tertiary alicyclic amines) is 1. The number of aromatic nitrogens is 2. The summed E-state index contributed by atoms with van der Waals surface area (Å²) in [5.74, 6) is -0.472. The van der Waals surface area contributed by atoms with Gasteiger partial charge in [-0.1, -0.05) is 26.2 Å². The van der Waals surface area contributed by atoms with Crippen molar-refractivity contribution in [2.75, 3.05) is 13.1 Å². The highest BCUT2D eigenvalue weighted by Crippen LogP contribution is 2.38. The van der Waals surface area contributed by atoms with E-state index in [-0.39, 0.29) is 11.3 Å². The second kappa shape index (κ2) is 8.95. The third-order valence-corrected chi connectivity index (χ3v) is 5.48. The van der Waals surface area contributed by atoms with E-state index in [1.54, 1.807) is 30.7 Å². The molecule has 0 saturated carbocycles. The van der Waals surface area contributed by atoms with Gasteiger partial charge in [0.2, 0.25) is 0 Å². The Kier molecular flexibility index (Phi) is 6.37. The SMILES string of the molecule is C=C/C(=C\C(=C)F)CC1(C)CCN(C(=O)c2cccnc2-c2ccncc2)CC1. The van der Waals surface area contributed by atoms with Gasteiger partial charge in [-0.15, -0.1) is 0 Å². The molecular weight excluding hydrogens is 365 g/mol. The molecule has 1 amide bonds. The van der Waals surface area contributed by atoms with Gasteiger partial charge in [-0.25, -0.2) is 4.39 Å². The first kappa shape index (κ1) is 20.6. The van der Waals surface area contributed by atoms with E-state index < -0.39 is 5.83 Å². The predicted molar refractivity (Wildman–Crippen MR) is 114 cm³/mol. The normalized spacial score (nSPS) is 16.3. The van der Waals surface area contributed by atoms with Crippen molar-refractivity contribution in [3.63, 3.8) is 0 Å². The summed E-state index contributed by atoms with van der Waals surface area (Å²) in [5.41, 5.74) is 2.98. The van der Waals surface area contributed by atoms with Gasteiger partial charge in [0.25, 0.3) is 5.91 Å². The summed E-state index contributed by atoms with van der Waals surface area (Å²) in [7, 11) is 0. The summed E-state index contributed by atoms with van der Waals surface area (Å²) in [5, 5.41) is 0. The summed E-state index contributed by atoms with van der Waals surface area (Å²) in [4.78, 5) is 23.6. The molecule has 0 atom stereocenters. The summed E-state index contributed by atoms with van der Waals surface area (Å²) in [6.07, 6.45) is 10.6. The molecule has 3 heterocycles. The number of nitrogens with zero attached hydrogens (tertiary/aromatic N) is 3. The molecule has 0 radical (unpaired) electrons. The minimum Gasteiger partial charge on any atom is -0.339 e. The minimum atomic E-state index is -0.462. The Bertz CT molecular complexity index is 928. The Morgan fingerprint density at radius 1 is 1.24 bits per heavy atom. The molecule has 2 aromatic rings. The zero-order valence-corrected chi connectivity index (χ0v) is 16.8. The zero-order chi connectivity index (χ0) is 20.9. The smallest absolute Gasteiger partial charge is 0.256 e. The number of carbonyl (C=O) groups is 1. The van der Waals surface area contributed by atoms with Crippen LogP contribution in [0.3, 0.4) is 0 Å². The molecule has 150 valence electrons. The fourth-order valence-corrected chi connectivity index (χ4v) is 3.79. The Morgan fingerprint density at radius 2 is 1.93 bits per heavy atom. The van der Waals surface area contributed by atoms with Crippen molar-refractivity contribution in [3.8, 4) is 11.3 Å². The number of carbonyl (C=O) groups excluding carboxylic acids is 1. The van der Waals surface area contributed by atoms with Gasteiger partial charge < -0.3 is 4.90 Å². The van der Waals surface area contributed by atoms with E-state index in [0.717, 1.165) is 30.4 Å². The Hall–Kier alpha value is -3.08. The lowest BCUT2D eigenvalue weighted by molar-refractivity contribution is 0.0608. The third-order valence-electron chi connectivity index (χ3n) is 5.48. The van der Waals surface area contributed by atoms with Crippen LogP contribution in [0.2, 0.25) is 0 Å². The molecule has 4 nitrogen and oxygen atoms in total. The first-order valence-electron chi connectivity index (χ1n) is 9.74. The third kappa shape index (κ3) is 5.05. The highest BCUT2D eigenvalue weighted by Gasteiger charge is 2.33. The standard InChI is InChI=1S/C24H26FN3O/c1-4-19(16-18(2)25)17-24(3)9-14-28(15-10-24)23(29)21-6-5-11-27-22(21)20-7-12-26-13-8-20/h4-8,11-13,16H,1-2,9-10,14-15,17H2,3H3/b19-16+. The van der Waals surface area contributed by atoms with Gasteiger partial charge in [0.1, 0.15) is 5.83 Å². The molecule has 0 aromatic carbocycles. The maximum Gasteiger partial charge on any atom is 0.256 e. The number of pyridine rings is 2. The maximum absolute atomic E-state index is 13.2. The quantitative estimate of drug-likeness (QED) is 0.622. The molecule has 0 aliphatic carbocycles. The van der Waals surface area contributed by atoms with E-state index in [1.165, 1.54) is 6.08 Å². The second-order valence-electron chi connectivity index (χ2n) is 7.79. The average molecular weight is 391 g/mol. The van der Waals surface area contributed by atoms with E-state index in [4.69, 9.17) is 0 Å². The zero-order valence-electron chi connectivity index (χ0n) is 16.8. The molecule has 0 N–H and O–H groups in total. The van der Waals surface area contributed by atoms with Crippen LogP contribution in [0.15, 0.2) is 79.6 Å². The van der Waals surface area contributed by atoms with Crippen LogP contribution in [0.25, 0.3) is 11.3 Å². The van der Waals surface area contributed by atoms with Crippen molar-refractivity contribution in [3.05, 3.63) is 85.1 Å². The van der Waals surface area contributed by atoms with Gasteiger partial charge in [-0.05, 0) is 60.6 Å². The minimum absolute atomic E-state index is 0.00484. The van der Waals surface area contributed by atoms with E-state index >= 15 is 0 Å². The lowest BCUT2D eigenvalue weighted by Gasteiger charge is -2.40. The van der Waals surface area contributed by atoms with Crippen LogP contribution in [-0.2, 0) is 0 Å². The van der Waals surface area contributed by atoms with Gasteiger partial charge in [0.15, 0.2) is 0 Å². The average Bonchev–Trinajstić information content (AvgIpc) is 2.73. The van der Waals surface area contributed by atoms with Crippen LogP contribution in [0, 0.1) is 5.41 Å². The predicted octanol–water partition coefficient (Wildman–Crippen LogP) is 5.37. The molecule has 29 heavy (non-hydrogen) atoms. The molecule has 1 aliphatic rings. The van der Waals surface area contributed by atoms with Crippen LogP contribution in [0.1, 0.15) is 36.5 Å². The van der Waals surface area contributed by atoms with Crippen molar-refractivity contribution in [2.45, 2.75) is 26.2 Å². The molecule has 1 fully saturated rings. The number of hydrogen-bond donors (Lipinski definition) is 0. The van der Waals surface area contributed by atoms with Crippen molar-refractivity contribution >= 4 is 5.91 Å². The van der Waals surface area contributed by atoms with E-state index in [9.17, 15) is 9.18 Å². The summed E-state index contributed by atoms with van der Waals surface area (Å²) >= 11 is 0. The van der Waals surface area contributed by atoms with Crippen molar-refractivity contribution in [2.24, 2.45) is 5.41 Å². The van der Waals surface area contributed by atoms with Crippen molar-refractivity contribution < 1.29 is 9.18 Å². The van der Waals surface area contributed by atoms with Crippen LogP contribution < -0.4 is 0 Å². The van der Waals surface area contributed by atoms with E-state index in [2.05, 4.69) is 30.0 Å². The van der Waals surface area contributed by atoms with Crippen molar-refractivity contribution in [1.29, 1.82) is 0 Å². The Balaban J connectivity index is 1.73. The molecule has 3 rings (SSSR count). The second-order valence-corrected chi connectivity index (χ2v) is 7.79. The first-order valence-corrected chi connectivity index (χ1v) is 9.74. The summed E-state index contributed by atoms with van der Waals surface area (Å²) in [6.45, 7) is 10.6. The molecule has 0 bridgehead atoms. The van der Waals surface area contributed by atoms with Gasteiger partial charge in [0, 0.05) is 37.2 Å². The highest BCUT2D eigenvalue weighted by atomic mass is 19.1. The lowest BCUT2D eigenvalue weighted by Crippen LogP contribution is -2.42. The molecule has 0 unspecified atom stereocenters. The maximum atomic E-state index is 13.2. The van der Waals surface area contributed by atoms with Crippen LogP contribution in [-0.4, -0.2) is 33.9 Å². The molecule has 5 heteroatoms. The molecule has 0 spiro atoms. The van der Waals surface area contributed by atoms with Gasteiger partial charge in [-0.2, -0.15) is 0 Å².